The number of nitrogens with one attached hydrogen (secondary N) is 2. The molecule has 0 aliphatic carbocycles. The van der Waals surface area contributed by atoms with Crippen molar-refractivity contribution in [1.82, 2.24) is 10.2 Å². The molecule has 1 aliphatic heterocycles. The number of benzene rings is 2. The van der Waals surface area contributed by atoms with Crippen LogP contribution in [0.25, 0.3) is 0 Å². The van der Waals surface area contributed by atoms with Crippen LogP contribution >= 0.6 is 0 Å². The van der Waals surface area contributed by atoms with Crippen LogP contribution in [0.3, 0.4) is 0 Å². The quantitative estimate of drug-likeness (QED) is 0.579. The predicted molar refractivity (Wildman–Crippen MR) is 95.5 cm³/mol. The SMILES string of the molecule is Cc1ccc(C2(C)NC(=O)N(CC(=O)Nc3ccccc3O)C2=O)cc1. The molecule has 1 atom stereocenters. The Morgan fingerprint density at radius 1 is 1.15 bits per heavy atom. The number of amides is 4. The van der Waals surface area contributed by atoms with Crippen molar-refractivity contribution in [3.05, 3.63) is 59.7 Å². The first kappa shape index (κ1) is 17.5. The van der Waals surface area contributed by atoms with E-state index in [1.807, 2.05) is 19.1 Å². The van der Waals surface area contributed by atoms with Gasteiger partial charge >= 0.3 is 6.03 Å². The summed E-state index contributed by atoms with van der Waals surface area (Å²) >= 11 is 0. The average molecular weight is 353 g/mol. The molecule has 1 unspecified atom stereocenters. The number of hydrogen-bond acceptors (Lipinski definition) is 4. The lowest BCUT2D eigenvalue weighted by molar-refractivity contribution is -0.133. The van der Waals surface area contributed by atoms with Crippen LogP contribution in [0.2, 0.25) is 0 Å². The number of anilines is 1. The maximum absolute atomic E-state index is 12.8. The number of nitrogens with zero attached hydrogens (tertiary/aromatic N) is 1. The highest BCUT2D eigenvalue weighted by Gasteiger charge is 2.49. The Balaban J connectivity index is 1.76. The van der Waals surface area contributed by atoms with E-state index < -0.39 is 29.9 Å². The monoisotopic (exact) mass is 353 g/mol. The Morgan fingerprint density at radius 2 is 1.81 bits per heavy atom. The standard InChI is InChI=1S/C19H19N3O4/c1-12-7-9-13(10-8-12)19(2)17(25)22(18(26)21-19)11-16(24)20-14-5-3-4-6-15(14)23/h3-10,23H,11H2,1-2H3,(H,20,24)(H,21,26). The summed E-state index contributed by atoms with van der Waals surface area (Å²) in [6.45, 7) is 3.09. The minimum Gasteiger partial charge on any atom is -0.506 e. The molecule has 0 saturated carbocycles. The number of phenols is 1. The second-order valence-corrected chi connectivity index (χ2v) is 6.38. The van der Waals surface area contributed by atoms with Crippen molar-refractivity contribution in [2.45, 2.75) is 19.4 Å². The summed E-state index contributed by atoms with van der Waals surface area (Å²) in [5, 5.41) is 14.8. The third kappa shape index (κ3) is 3.11. The van der Waals surface area contributed by atoms with Gasteiger partial charge in [-0.2, -0.15) is 0 Å². The van der Waals surface area contributed by atoms with Crippen LogP contribution in [0.15, 0.2) is 48.5 Å². The molecule has 0 bridgehead atoms. The fraction of sp³-hybridized carbons (Fsp3) is 0.211. The molecule has 1 heterocycles. The van der Waals surface area contributed by atoms with Crippen LogP contribution < -0.4 is 10.6 Å². The summed E-state index contributed by atoms with van der Waals surface area (Å²) in [7, 11) is 0. The number of hydrogen-bond donors (Lipinski definition) is 3. The zero-order valence-corrected chi connectivity index (χ0v) is 14.4. The molecule has 0 radical (unpaired) electrons. The summed E-state index contributed by atoms with van der Waals surface area (Å²) in [6, 6.07) is 12.9. The molecule has 134 valence electrons. The highest BCUT2D eigenvalue weighted by Crippen LogP contribution is 2.29. The van der Waals surface area contributed by atoms with Gasteiger partial charge in [-0.1, -0.05) is 42.0 Å². The van der Waals surface area contributed by atoms with Crippen LogP contribution in [0, 0.1) is 6.92 Å². The van der Waals surface area contributed by atoms with Crippen LogP contribution in [0.1, 0.15) is 18.1 Å². The number of aryl methyl sites for hydroxylation is 1. The van der Waals surface area contributed by atoms with Gasteiger partial charge in [-0.05, 0) is 31.5 Å². The number of rotatable bonds is 4. The van der Waals surface area contributed by atoms with Crippen molar-refractivity contribution in [3.63, 3.8) is 0 Å². The molecule has 2 aromatic carbocycles. The molecule has 1 saturated heterocycles. The Hall–Kier alpha value is -3.35. The average Bonchev–Trinajstić information content (AvgIpc) is 2.82. The number of carbonyl (C=O) groups excluding carboxylic acids is 3. The van der Waals surface area contributed by atoms with Gasteiger partial charge in [0.25, 0.3) is 5.91 Å². The second-order valence-electron chi connectivity index (χ2n) is 6.38. The van der Waals surface area contributed by atoms with Crippen LogP contribution in [0.5, 0.6) is 5.75 Å². The maximum Gasteiger partial charge on any atom is 0.325 e. The van der Waals surface area contributed by atoms with Gasteiger partial charge in [0.2, 0.25) is 5.91 Å². The molecule has 1 fully saturated rings. The Morgan fingerprint density at radius 3 is 2.46 bits per heavy atom. The number of imide groups is 1. The van der Waals surface area contributed by atoms with Crippen molar-refractivity contribution < 1.29 is 19.5 Å². The van der Waals surface area contributed by atoms with Gasteiger partial charge in [0, 0.05) is 0 Å². The van der Waals surface area contributed by atoms with Gasteiger partial charge in [0.1, 0.15) is 17.8 Å². The fourth-order valence-electron chi connectivity index (χ4n) is 2.84. The van der Waals surface area contributed by atoms with Crippen molar-refractivity contribution in [1.29, 1.82) is 0 Å². The first-order valence-corrected chi connectivity index (χ1v) is 8.10. The molecule has 0 aromatic heterocycles. The molecule has 3 N–H and O–H groups in total. The number of phenolic OH excluding ortho intramolecular Hbond substituents is 1. The summed E-state index contributed by atoms with van der Waals surface area (Å²) in [5.74, 6) is -1.18. The van der Waals surface area contributed by atoms with E-state index in [0.717, 1.165) is 10.5 Å². The third-order valence-corrected chi connectivity index (χ3v) is 4.38. The highest BCUT2D eigenvalue weighted by molar-refractivity contribution is 6.10. The summed E-state index contributed by atoms with van der Waals surface area (Å²) < 4.78 is 0. The highest BCUT2D eigenvalue weighted by atomic mass is 16.3. The molecular weight excluding hydrogens is 334 g/mol. The van der Waals surface area contributed by atoms with E-state index in [0.29, 0.717) is 5.56 Å². The lowest BCUT2D eigenvalue weighted by Gasteiger charge is -2.22. The first-order valence-electron chi connectivity index (χ1n) is 8.10. The van der Waals surface area contributed by atoms with Gasteiger partial charge in [-0.3, -0.25) is 14.5 Å². The molecule has 1 aliphatic rings. The lowest BCUT2D eigenvalue weighted by Crippen LogP contribution is -2.42. The van der Waals surface area contributed by atoms with E-state index >= 15 is 0 Å². The Kier molecular flexibility index (Phi) is 4.38. The summed E-state index contributed by atoms with van der Waals surface area (Å²) in [4.78, 5) is 38.1. The van der Waals surface area contributed by atoms with E-state index in [4.69, 9.17) is 0 Å². The van der Waals surface area contributed by atoms with Gasteiger partial charge in [0.15, 0.2) is 0 Å². The smallest absolute Gasteiger partial charge is 0.325 e. The molecule has 3 rings (SSSR count). The van der Waals surface area contributed by atoms with E-state index in [1.54, 1.807) is 31.2 Å². The van der Waals surface area contributed by atoms with Gasteiger partial charge in [0.05, 0.1) is 5.69 Å². The number of para-hydroxylation sites is 2. The van der Waals surface area contributed by atoms with Gasteiger partial charge in [-0.15, -0.1) is 0 Å². The van der Waals surface area contributed by atoms with E-state index in [2.05, 4.69) is 10.6 Å². The zero-order valence-electron chi connectivity index (χ0n) is 14.4. The van der Waals surface area contributed by atoms with E-state index in [1.165, 1.54) is 12.1 Å². The Labute approximate surface area is 150 Å². The normalized spacial score (nSPS) is 19.4. The third-order valence-electron chi connectivity index (χ3n) is 4.38. The molecule has 0 spiro atoms. The molecule has 2 aromatic rings. The summed E-state index contributed by atoms with van der Waals surface area (Å²) in [6.07, 6.45) is 0. The fourth-order valence-corrected chi connectivity index (χ4v) is 2.84. The minimum absolute atomic E-state index is 0.0949. The van der Waals surface area contributed by atoms with Gasteiger partial charge < -0.3 is 15.7 Å². The molecule has 26 heavy (non-hydrogen) atoms. The van der Waals surface area contributed by atoms with Crippen LogP contribution in [-0.4, -0.2) is 34.4 Å². The lowest BCUT2D eigenvalue weighted by atomic mass is 9.91. The first-order chi connectivity index (χ1) is 12.3. The predicted octanol–water partition coefficient (Wildman–Crippen LogP) is 2.11. The van der Waals surface area contributed by atoms with E-state index in [-0.39, 0.29) is 11.4 Å². The van der Waals surface area contributed by atoms with Gasteiger partial charge in [-0.25, -0.2) is 4.79 Å². The molecule has 7 nitrogen and oxygen atoms in total. The van der Waals surface area contributed by atoms with Crippen molar-refractivity contribution >= 4 is 23.5 Å². The Bertz CT molecular complexity index is 879. The van der Waals surface area contributed by atoms with Crippen LogP contribution in [-0.2, 0) is 15.1 Å². The van der Waals surface area contributed by atoms with Crippen molar-refractivity contribution in [3.8, 4) is 5.75 Å². The minimum atomic E-state index is -1.22. The van der Waals surface area contributed by atoms with E-state index in [9.17, 15) is 19.5 Å². The number of carbonyl (C=O) groups is 3. The number of aromatic hydroxyl groups is 1. The largest absolute Gasteiger partial charge is 0.506 e. The maximum atomic E-state index is 12.8. The van der Waals surface area contributed by atoms with Crippen molar-refractivity contribution in [2.75, 3.05) is 11.9 Å². The number of urea groups is 1. The molecule has 4 amide bonds. The summed E-state index contributed by atoms with van der Waals surface area (Å²) in [5.41, 5.74) is 0.670. The van der Waals surface area contributed by atoms with Crippen molar-refractivity contribution in [2.24, 2.45) is 0 Å². The molecule has 7 heteroatoms. The topological polar surface area (TPSA) is 98.7 Å². The molecular formula is C19H19N3O4. The zero-order chi connectivity index (χ0) is 18.9. The second kappa shape index (κ2) is 6.51. The van der Waals surface area contributed by atoms with Crippen LogP contribution in [0.4, 0.5) is 10.5 Å².